The normalized spacial score (nSPS) is 17.3. The summed E-state index contributed by atoms with van der Waals surface area (Å²) in [5, 5.41) is 0. The molecule has 23 heavy (non-hydrogen) atoms. The largest absolute Gasteiger partial charge is 0.399 e. The molecule has 6 heteroatoms. The Morgan fingerprint density at radius 2 is 2.22 bits per heavy atom. The van der Waals surface area contributed by atoms with E-state index in [1.54, 1.807) is 4.90 Å². The molecule has 0 radical (unpaired) electrons. The van der Waals surface area contributed by atoms with Crippen molar-refractivity contribution in [1.82, 2.24) is 4.90 Å². The van der Waals surface area contributed by atoms with E-state index in [9.17, 15) is 4.79 Å². The van der Waals surface area contributed by atoms with Crippen LogP contribution in [0.2, 0.25) is 0 Å². The Bertz CT molecular complexity index is 528. The number of anilines is 2. The van der Waals surface area contributed by atoms with Crippen molar-refractivity contribution in [1.29, 1.82) is 0 Å². The van der Waals surface area contributed by atoms with Gasteiger partial charge in [0, 0.05) is 52.3 Å². The minimum Gasteiger partial charge on any atom is -0.399 e. The van der Waals surface area contributed by atoms with Crippen LogP contribution in [0, 0.1) is 0 Å². The van der Waals surface area contributed by atoms with E-state index in [0.29, 0.717) is 18.8 Å². The van der Waals surface area contributed by atoms with Gasteiger partial charge in [0.05, 0.1) is 6.10 Å². The molecule has 0 aromatic heterocycles. The van der Waals surface area contributed by atoms with Gasteiger partial charge in [-0.2, -0.15) is 0 Å². The molecule has 6 nitrogen and oxygen atoms in total. The zero-order valence-corrected chi connectivity index (χ0v) is 14.2. The van der Waals surface area contributed by atoms with Crippen molar-refractivity contribution in [2.45, 2.75) is 25.5 Å². The first-order valence-corrected chi connectivity index (χ1v) is 7.95. The molecule has 0 saturated carbocycles. The molecule has 0 unspecified atom stereocenters. The van der Waals surface area contributed by atoms with Crippen molar-refractivity contribution >= 4 is 17.3 Å². The Hall–Kier alpha value is -1.79. The number of carbonyl (C=O) groups is 1. The van der Waals surface area contributed by atoms with E-state index < -0.39 is 0 Å². The van der Waals surface area contributed by atoms with E-state index in [0.717, 1.165) is 30.7 Å². The zero-order chi connectivity index (χ0) is 16.8. The van der Waals surface area contributed by atoms with Crippen LogP contribution in [-0.4, -0.2) is 57.9 Å². The van der Waals surface area contributed by atoms with Gasteiger partial charge in [0.15, 0.2) is 0 Å². The smallest absolute Gasteiger partial charge is 0.248 e. The quantitative estimate of drug-likeness (QED) is 0.771. The number of methoxy groups -OCH3 is 1. The summed E-state index contributed by atoms with van der Waals surface area (Å²) in [6, 6.07) is 5.79. The molecule has 1 aliphatic rings. The van der Waals surface area contributed by atoms with Gasteiger partial charge in [-0.05, 0) is 36.6 Å². The monoisotopic (exact) mass is 321 g/mol. The highest BCUT2D eigenvalue weighted by molar-refractivity contribution is 5.78. The zero-order valence-electron chi connectivity index (χ0n) is 14.2. The summed E-state index contributed by atoms with van der Waals surface area (Å²) in [7, 11) is 5.50. The van der Waals surface area contributed by atoms with E-state index in [2.05, 4.69) is 0 Å². The minimum absolute atomic E-state index is 0.0323. The van der Waals surface area contributed by atoms with E-state index >= 15 is 0 Å². The maximum Gasteiger partial charge on any atom is 0.248 e. The predicted molar refractivity (Wildman–Crippen MR) is 91.4 cm³/mol. The Morgan fingerprint density at radius 1 is 1.43 bits per heavy atom. The first-order chi connectivity index (χ1) is 11.0. The van der Waals surface area contributed by atoms with Crippen LogP contribution >= 0.6 is 0 Å². The van der Waals surface area contributed by atoms with Crippen molar-refractivity contribution in [2.24, 2.45) is 0 Å². The SMILES string of the molecule is COCC(=O)N(Cc1cc(N)ccc1N(C)C)C[C@@H]1CCCO1. The fraction of sp³-hybridized carbons (Fsp3) is 0.588. The molecule has 1 aromatic carbocycles. The van der Waals surface area contributed by atoms with E-state index in [-0.39, 0.29) is 18.6 Å². The Labute approximate surface area is 138 Å². The van der Waals surface area contributed by atoms with E-state index in [1.165, 1.54) is 7.11 Å². The second-order valence-corrected chi connectivity index (χ2v) is 6.12. The lowest BCUT2D eigenvalue weighted by atomic mass is 10.1. The second-order valence-electron chi connectivity index (χ2n) is 6.12. The number of carbonyl (C=O) groups excluding carboxylic acids is 1. The van der Waals surface area contributed by atoms with Gasteiger partial charge in [-0.1, -0.05) is 0 Å². The van der Waals surface area contributed by atoms with Crippen LogP contribution < -0.4 is 10.6 Å². The lowest BCUT2D eigenvalue weighted by Crippen LogP contribution is -2.39. The van der Waals surface area contributed by atoms with E-state index in [1.807, 2.05) is 37.2 Å². The van der Waals surface area contributed by atoms with Crippen LogP contribution in [0.1, 0.15) is 18.4 Å². The minimum atomic E-state index is -0.0323. The van der Waals surface area contributed by atoms with Gasteiger partial charge in [-0.25, -0.2) is 0 Å². The highest BCUT2D eigenvalue weighted by Gasteiger charge is 2.23. The highest BCUT2D eigenvalue weighted by atomic mass is 16.5. The summed E-state index contributed by atoms with van der Waals surface area (Å²) in [6.45, 7) is 1.94. The molecule has 0 bridgehead atoms. The third-order valence-electron chi connectivity index (χ3n) is 4.02. The molecule has 1 saturated heterocycles. The molecular weight excluding hydrogens is 294 g/mol. The molecule has 1 fully saturated rings. The lowest BCUT2D eigenvalue weighted by molar-refractivity contribution is -0.137. The van der Waals surface area contributed by atoms with Crippen molar-refractivity contribution in [3.8, 4) is 0 Å². The molecule has 1 amide bonds. The number of hydrogen-bond donors (Lipinski definition) is 1. The summed E-state index contributed by atoms with van der Waals surface area (Å²) in [4.78, 5) is 16.2. The lowest BCUT2D eigenvalue weighted by Gasteiger charge is -2.27. The summed E-state index contributed by atoms with van der Waals surface area (Å²) in [6.07, 6.45) is 2.16. The molecule has 1 atom stereocenters. The van der Waals surface area contributed by atoms with E-state index in [4.69, 9.17) is 15.2 Å². The maximum absolute atomic E-state index is 12.4. The molecule has 0 spiro atoms. The number of rotatable bonds is 7. The van der Waals surface area contributed by atoms with Gasteiger partial charge in [0.25, 0.3) is 0 Å². The van der Waals surface area contributed by atoms with Crippen molar-refractivity contribution in [2.75, 3.05) is 51.6 Å². The number of nitrogens with zero attached hydrogens (tertiary/aromatic N) is 2. The van der Waals surface area contributed by atoms with Gasteiger partial charge in [-0.15, -0.1) is 0 Å². The Kier molecular flexibility index (Phi) is 6.24. The number of benzene rings is 1. The molecule has 0 aliphatic carbocycles. The third kappa shape index (κ3) is 4.84. The molecule has 1 heterocycles. The number of amides is 1. The summed E-state index contributed by atoms with van der Waals surface area (Å²) in [5.41, 5.74) is 8.71. The Morgan fingerprint density at radius 3 is 2.83 bits per heavy atom. The van der Waals surface area contributed by atoms with Crippen LogP contribution in [0.3, 0.4) is 0 Å². The molecule has 1 aromatic rings. The molecule has 2 N–H and O–H groups in total. The van der Waals surface area contributed by atoms with Crippen LogP contribution in [0.15, 0.2) is 18.2 Å². The van der Waals surface area contributed by atoms with Gasteiger partial charge < -0.3 is 25.0 Å². The van der Waals surface area contributed by atoms with Crippen LogP contribution in [-0.2, 0) is 20.8 Å². The average Bonchev–Trinajstić information content (AvgIpc) is 2.99. The Balaban J connectivity index is 2.18. The first-order valence-electron chi connectivity index (χ1n) is 7.95. The van der Waals surface area contributed by atoms with Crippen molar-refractivity contribution in [3.63, 3.8) is 0 Å². The highest BCUT2D eigenvalue weighted by Crippen LogP contribution is 2.24. The fourth-order valence-corrected chi connectivity index (χ4v) is 2.88. The fourth-order valence-electron chi connectivity index (χ4n) is 2.88. The van der Waals surface area contributed by atoms with Gasteiger partial charge in [0.1, 0.15) is 6.61 Å². The molecule has 128 valence electrons. The summed E-state index contributed by atoms with van der Waals surface area (Å²) in [5.74, 6) is -0.0323. The molecule has 1 aliphatic heterocycles. The summed E-state index contributed by atoms with van der Waals surface area (Å²) < 4.78 is 10.7. The summed E-state index contributed by atoms with van der Waals surface area (Å²) >= 11 is 0. The number of hydrogen-bond acceptors (Lipinski definition) is 5. The third-order valence-corrected chi connectivity index (χ3v) is 4.02. The maximum atomic E-state index is 12.4. The first kappa shape index (κ1) is 17.6. The van der Waals surface area contributed by atoms with Crippen LogP contribution in [0.4, 0.5) is 11.4 Å². The molecule has 2 rings (SSSR count). The molecular formula is C17H27N3O3. The number of ether oxygens (including phenoxy) is 2. The van der Waals surface area contributed by atoms with Crippen LogP contribution in [0.25, 0.3) is 0 Å². The van der Waals surface area contributed by atoms with Gasteiger partial charge in [-0.3, -0.25) is 4.79 Å². The van der Waals surface area contributed by atoms with Crippen molar-refractivity contribution in [3.05, 3.63) is 23.8 Å². The van der Waals surface area contributed by atoms with Gasteiger partial charge >= 0.3 is 0 Å². The second kappa shape index (κ2) is 8.17. The van der Waals surface area contributed by atoms with Crippen molar-refractivity contribution < 1.29 is 14.3 Å². The predicted octanol–water partition coefficient (Wildman–Crippen LogP) is 1.49. The number of nitrogens with two attached hydrogens (primary N) is 1. The number of nitrogen functional groups attached to an aromatic ring is 1. The average molecular weight is 321 g/mol. The van der Waals surface area contributed by atoms with Gasteiger partial charge in [0.2, 0.25) is 5.91 Å². The van der Waals surface area contributed by atoms with Crippen LogP contribution in [0.5, 0.6) is 0 Å². The standard InChI is InChI=1S/C17H27N3O3/c1-19(2)16-7-6-14(18)9-13(16)10-20(17(21)12-22-3)11-15-5-4-8-23-15/h6-7,9,15H,4-5,8,10-12,18H2,1-3H3/t15-/m0/s1. The topological polar surface area (TPSA) is 68.0 Å².